The number of carbonyl (C=O) groups excluding carboxylic acids is 1. The van der Waals surface area contributed by atoms with Crippen LogP contribution < -0.4 is 10.4 Å². The number of benzene rings is 3. The van der Waals surface area contributed by atoms with Gasteiger partial charge in [0.25, 0.3) is 5.91 Å². The lowest BCUT2D eigenvalue weighted by Gasteiger charge is -2.25. The fourth-order valence-electron chi connectivity index (χ4n) is 2.39. The molecule has 3 aromatic carbocycles. The number of nitrogens with one attached hydrogen (secondary N) is 1. The van der Waals surface area contributed by atoms with Gasteiger partial charge in [0.15, 0.2) is 0 Å². The molecule has 1 N–H and O–H groups in total. The Labute approximate surface area is 142 Å². The Bertz CT molecular complexity index is 809. The fourth-order valence-corrected chi connectivity index (χ4v) is 2.39. The second kappa shape index (κ2) is 7.01. The highest BCUT2D eigenvalue weighted by atomic mass is 16.2. The van der Waals surface area contributed by atoms with Crippen LogP contribution in [0, 0.1) is 13.8 Å². The molecule has 0 saturated carbocycles. The molecule has 120 valence electrons. The first-order valence-corrected chi connectivity index (χ1v) is 7.93. The van der Waals surface area contributed by atoms with Gasteiger partial charge < -0.3 is 0 Å². The van der Waals surface area contributed by atoms with Crippen LogP contribution in [0.15, 0.2) is 78.9 Å². The highest BCUT2D eigenvalue weighted by Gasteiger charge is 2.17. The van der Waals surface area contributed by atoms with Gasteiger partial charge in [-0.25, -0.2) is 5.01 Å². The first kappa shape index (κ1) is 15.8. The second-order valence-electron chi connectivity index (χ2n) is 5.82. The lowest BCUT2D eigenvalue weighted by molar-refractivity contribution is 0.0992. The maximum atomic E-state index is 13.0. The number of anilines is 2. The molecule has 0 aliphatic rings. The van der Waals surface area contributed by atoms with Gasteiger partial charge in [0, 0.05) is 5.56 Å². The van der Waals surface area contributed by atoms with Gasteiger partial charge in [-0.2, -0.15) is 0 Å². The molecule has 3 aromatic rings. The quantitative estimate of drug-likeness (QED) is 0.689. The van der Waals surface area contributed by atoms with Crippen LogP contribution in [0.5, 0.6) is 0 Å². The summed E-state index contributed by atoms with van der Waals surface area (Å²) in [5.74, 6) is -0.0972. The molecule has 0 aromatic heterocycles. The molecule has 0 heterocycles. The summed E-state index contributed by atoms with van der Waals surface area (Å²) < 4.78 is 0. The Balaban J connectivity index is 1.95. The van der Waals surface area contributed by atoms with Crippen molar-refractivity contribution in [2.45, 2.75) is 13.8 Å². The Hall–Kier alpha value is -3.07. The van der Waals surface area contributed by atoms with Crippen LogP contribution in [0.4, 0.5) is 11.4 Å². The largest absolute Gasteiger partial charge is 0.291 e. The molecule has 0 atom stereocenters. The monoisotopic (exact) mass is 316 g/mol. The molecule has 24 heavy (non-hydrogen) atoms. The summed E-state index contributed by atoms with van der Waals surface area (Å²) in [7, 11) is 0. The number of hydrogen-bond acceptors (Lipinski definition) is 2. The average molecular weight is 316 g/mol. The highest BCUT2D eigenvalue weighted by molar-refractivity contribution is 6.07. The molecule has 3 heteroatoms. The van der Waals surface area contributed by atoms with Gasteiger partial charge in [-0.15, -0.1) is 0 Å². The fraction of sp³-hybridized carbons (Fsp3) is 0.0952. The summed E-state index contributed by atoms with van der Waals surface area (Å²) in [6.07, 6.45) is 0. The van der Waals surface area contributed by atoms with Crippen LogP contribution in [-0.2, 0) is 0 Å². The number of rotatable bonds is 4. The number of aryl methyl sites for hydroxylation is 2. The van der Waals surface area contributed by atoms with Crippen molar-refractivity contribution < 1.29 is 4.79 Å². The standard InChI is InChI=1S/C21H20N2O/c1-16-8-12-19(13-9-16)22-23(20-14-10-17(2)11-15-20)21(24)18-6-4-3-5-7-18/h3-15,22H,1-2H3. The zero-order valence-electron chi connectivity index (χ0n) is 13.9. The van der Waals surface area contributed by atoms with Crippen molar-refractivity contribution in [1.82, 2.24) is 0 Å². The van der Waals surface area contributed by atoms with E-state index in [1.165, 1.54) is 5.56 Å². The van der Waals surface area contributed by atoms with Gasteiger partial charge in [0.05, 0.1) is 11.4 Å². The SMILES string of the molecule is Cc1ccc(NN(C(=O)c2ccccc2)c2ccc(C)cc2)cc1. The van der Waals surface area contributed by atoms with E-state index in [0.717, 1.165) is 16.9 Å². The number of amides is 1. The van der Waals surface area contributed by atoms with Crippen molar-refractivity contribution in [3.8, 4) is 0 Å². The highest BCUT2D eigenvalue weighted by Crippen LogP contribution is 2.20. The molecule has 0 radical (unpaired) electrons. The van der Waals surface area contributed by atoms with Gasteiger partial charge in [-0.3, -0.25) is 10.2 Å². The van der Waals surface area contributed by atoms with Crippen molar-refractivity contribution >= 4 is 17.3 Å². The Morgan fingerprint density at radius 2 is 1.29 bits per heavy atom. The van der Waals surface area contributed by atoms with Crippen molar-refractivity contribution in [3.05, 3.63) is 95.6 Å². The summed E-state index contributed by atoms with van der Waals surface area (Å²) in [5, 5.41) is 1.58. The molecule has 0 bridgehead atoms. The van der Waals surface area contributed by atoms with Gasteiger partial charge in [0.1, 0.15) is 0 Å². The van der Waals surface area contributed by atoms with E-state index in [1.54, 1.807) is 5.01 Å². The van der Waals surface area contributed by atoms with Gasteiger partial charge in [0.2, 0.25) is 0 Å². The van der Waals surface area contributed by atoms with Gasteiger partial charge >= 0.3 is 0 Å². The maximum Gasteiger partial charge on any atom is 0.276 e. The van der Waals surface area contributed by atoms with E-state index in [4.69, 9.17) is 0 Å². The van der Waals surface area contributed by atoms with Crippen LogP contribution in [0.2, 0.25) is 0 Å². The smallest absolute Gasteiger partial charge is 0.276 e. The summed E-state index contributed by atoms with van der Waals surface area (Å²) in [6, 6.07) is 25.1. The van der Waals surface area contributed by atoms with Crippen LogP contribution in [0.3, 0.4) is 0 Å². The minimum absolute atomic E-state index is 0.0972. The zero-order valence-corrected chi connectivity index (χ0v) is 13.9. The van der Waals surface area contributed by atoms with E-state index < -0.39 is 0 Å². The van der Waals surface area contributed by atoms with Gasteiger partial charge in [-0.05, 0) is 50.2 Å². The predicted molar refractivity (Wildman–Crippen MR) is 99.2 cm³/mol. The molecule has 0 saturated heterocycles. The molecule has 0 aliphatic carbocycles. The van der Waals surface area contributed by atoms with Crippen LogP contribution in [0.1, 0.15) is 21.5 Å². The van der Waals surface area contributed by atoms with Crippen LogP contribution >= 0.6 is 0 Å². The van der Waals surface area contributed by atoms with Crippen molar-refractivity contribution in [3.63, 3.8) is 0 Å². The number of hydrogen-bond donors (Lipinski definition) is 1. The summed E-state index contributed by atoms with van der Waals surface area (Å²) >= 11 is 0. The summed E-state index contributed by atoms with van der Waals surface area (Å²) in [5.41, 5.74) is 7.86. The number of nitrogens with zero attached hydrogens (tertiary/aromatic N) is 1. The van der Waals surface area contributed by atoms with E-state index >= 15 is 0 Å². The Kier molecular flexibility index (Phi) is 4.62. The maximum absolute atomic E-state index is 13.0. The molecular weight excluding hydrogens is 296 g/mol. The number of hydrazine groups is 1. The molecule has 0 unspecified atom stereocenters. The normalized spacial score (nSPS) is 10.2. The molecule has 3 rings (SSSR count). The first-order chi connectivity index (χ1) is 11.6. The summed E-state index contributed by atoms with van der Waals surface area (Å²) in [6.45, 7) is 4.07. The van der Waals surface area contributed by atoms with Crippen LogP contribution in [0.25, 0.3) is 0 Å². The number of carbonyl (C=O) groups is 1. The first-order valence-electron chi connectivity index (χ1n) is 7.93. The lowest BCUT2D eigenvalue weighted by atomic mass is 10.2. The third-order valence-electron chi connectivity index (χ3n) is 3.81. The average Bonchev–Trinajstić information content (AvgIpc) is 2.62. The molecule has 0 fully saturated rings. The third-order valence-corrected chi connectivity index (χ3v) is 3.81. The van der Waals surface area contributed by atoms with Gasteiger partial charge in [-0.1, -0.05) is 53.6 Å². The predicted octanol–water partition coefficient (Wildman–Crippen LogP) is 4.98. The lowest BCUT2D eigenvalue weighted by Crippen LogP contribution is -2.36. The summed E-state index contributed by atoms with van der Waals surface area (Å²) in [4.78, 5) is 13.0. The van der Waals surface area contributed by atoms with E-state index in [2.05, 4.69) is 5.43 Å². The molecular formula is C21H20N2O. The molecule has 0 spiro atoms. The zero-order chi connectivity index (χ0) is 16.9. The minimum atomic E-state index is -0.0972. The van der Waals surface area contributed by atoms with Crippen LogP contribution in [-0.4, -0.2) is 5.91 Å². The Morgan fingerprint density at radius 3 is 1.88 bits per heavy atom. The van der Waals surface area contributed by atoms with Crippen molar-refractivity contribution in [1.29, 1.82) is 0 Å². The molecule has 3 nitrogen and oxygen atoms in total. The van der Waals surface area contributed by atoms with Crippen molar-refractivity contribution in [2.75, 3.05) is 10.4 Å². The topological polar surface area (TPSA) is 32.3 Å². The van der Waals surface area contributed by atoms with E-state index in [-0.39, 0.29) is 5.91 Å². The Morgan fingerprint density at radius 1 is 0.750 bits per heavy atom. The van der Waals surface area contributed by atoms with Crippen molar-refractivity contribution in [2.24, 2.45) is 0 Å². The van der Waals surface area contributed by atoms with E-state index in [1.807, 2.05) is 92.7 Å². The molecule has 1 amide bonds. The second-order valence-corrected chi connectivity index (χ2v) is 5.82. The third kappa shape index (κ3) is 3.63. The van der Waals surface area contributed by atoms with E-state index in [0.29, 0.717) is 5.56 Å². The molecule has 0 aliphatic heterocycles. The van der Waals surface area contributed by atoms with E-state index in [9.17, 15) is 4.79 Å². The minimum Gasteiger partial charge on any atom is -0.291 e.